The average Bonchev–Trinajstić information content (AvgIpc) is 2.10. The summed E-state index contributed by atoms with van der Waals surface area (Å²) < 4.78 is 0. The third-order valence-electron chi connectivity index (χ3n) is 1.58. The van der Waals surface area contributed by atoms with Gasteiger partial charge in [0.05, 0.1) is 5.57 Å². The van der Waals surface area contributed by atoms with Crippen LogP contribution in [0.5, 0.6) is 0 Å². The van der Waals surface area contributed by atoms with Crippen molar-refractivity contribution in [2.45, 2.75) is 32.6 Å². The van der Waals surface area contributed by atoms with Crippen LogP contribution in [0.2, 0.25) is 0 Å². The second-order valence-electron chi connectivity index (χ2n) is 2.77. The Morgan fingerprint density at radius 1 is 1.62 bits per heavy atom. The molecule has 0 heterocycles. The van der Waals surface area contributed by atoms with Gasteiger partial charge < -0.3 is 5.11 Å². The molecule has 0 aromatic rings. The molecule has 0 aliphatic heterocycles. The number of carboxylic acids is 1. The van der Waals surface area contributed by atoms with Crippen LogP contribution in [-0.4, -0.2) is 11.1 Å². The van der Waals surface area contributed by atoms with E-state index in [1.165, 1.54) is 0 Å². The molecule has 2 nitrogen and oxygen atoms in total. The molecule has 0 radical (unpaired) electrons. The van der Waals surface area contributed by atoms with E-state index in [4.69, 9.17) is 5.11 Å². The van der Waals surface area contributed by atoms with Gasteiger partial charge >= 0.3 is 5.97 Å². The Morgan fingerprint density at radius 2 is 2.31 bits per heavy atom. The highest BCUT2D eigenvalue weighted by Gasteiger charge is 2.01. The lowest BCUT2D eigenvalue weighted by Crippen LogP contribution is -1.97. The maximum atomic E-state index is 10.6. The topological polar surface area (TPSA) is 37.3 Å². The fourth-order valence-electron chi connectivity index (χ4n) is 0.854. The molecule has 0 aromatic carbocycles. The number of carbonyl (C=O) groups is 1. The highest BCUT2D eigenvalue weighted by molar-refractivity contribution is 5.86. The van der Waals surface area contributed by atoms with Gasteiger partial charge in [0.2, 0.25) is 0 Å². The Morgan fingerprint density at radius 3 is 2.77 bits per heavy atom. The molecule has 0 saturated heterocycles. The quantitative estimate of drug-likeness (QED) is 0.295. The number of allylic oxidation sites excluding steroid dienone is 1. The molecule has 0 saturated carbocycles. The van der Waals surface area contributed by atoms with Crippen molar-refractivity contribution >= 4 is 5.97 Å². The lowest BCUT2D eigenvalue weighted by Gasteiger charge is -1.91. The number of hydrogen-bond acceptors (Lipinski definition) is 1. The van der Waals surface area contributed by atoms with E-state index < -0.39 is 5.97 Å². The van der Waals surface area contributed by atoms with Gasteiger partial charge in [-0.25, -0.2) is 4.79 Å². The van der Waals surface area contributed by atoms with Crippen LogP contribution >= 0.6 is 0 Å². The van der Waals surface area contributed by atoms with Crippen LogP contribution in [0, 0.1) is 0 Å². The van der Waals surface area contributed by atoms with Crippen molar-refractivity contribution in [3.63, 3.8) is 0 Å². The van der Waals surface area contributed by atoms with Crippen LogP contribution in [0.25, 0.3) is 0 Å². The largest absolute Gasteiger partial charge is 0.477 e. The SMILES string of the molecule is C=CCC(=C=CCCCC)C(=O)O. The first-order valence-corrected chi connectivity index (χ1v) is 4.50. The van der Waals surface area contributed by atoms with Crippen molar-refractivity contribution in [3.05, 3.63) is 30.0 Å². The van der Waals surface area contributed by atoms with Gasteiger partial charge in [-0.2, -0.15) is 0 Å². The van der Waals surface area contributed by atoms with Gasteiger partial charge in [0, 0.05) is 6.42 Å². The molecule has 2 heteroatoms. The van der Waals surface area contributed by atoms with E-state index in [1.54, 1.807) is 12.2 Å². The molecule has 0 amide bonds. The molecule has 13 heavy (non-hydrogen) atoms. The Bertz CT molecular complexity index is 232. The molecule has 0 atom stereocenters. The Balaban J connectivity index is 4.24. The first-order chi connectivity index (χ1) is 6.22. The molecule has 0 unspecified atom stereocenters. The average molecular weight is 180 g/mol. The molecule has 0 rings (SSSR count). The summed E-state index contributed by atoms with van der Waals surface area (Å²) in [5.74, 6) is -0.910. The number of aliphatic carboxylic acids is 1. The molecule has 0 aliphatic carbocycles. The maximum absolute atomic E-state index is 10.6. The first kappa shape index (κ1) is 11.7. The van der Waals surface area contributed by atoms with E-state index in [0.717, 1.165) is 19.3 Å². The fraction of sp³-hybridized carbons (Fsp3) is 0.455. The summed E-state index contributed by atoms with van der Waals surface area (Å²) >= 11 is 0. The molecular formula is C11H16O2. The van der Waals surface area contributed by atoms with Gasteiger partial charge in [0.15, 0.2) is 0 Å². The van der Waals surface area contributed by atoms with Crippen molar-refractivity contribution in [2.75, 3.05) is 0 Å². The van der Waals surface area contributed by atoms with Crippen molar-refractivity contribution < 1.29 is 9.90 Å². The van der Waals surface area contributed by atoms with Gasteiger partial charge in [0.1, 0.15) is 0 Å². The molecule has 0 bridgehead atoms. The van der Waals surface area contributed by atoms with Crippen LogP contribution in [0.1, 0.15) is 32.6 Å². The second kappa shape index (κ2) is 7.38. The summed E-state index contributed by atoms with van der Waals surface area (Å²) in [6.07, 6.45) is 6.82. The van der Waals surface area contributed by atoms with E-state index >= 15 is 0 Å². The van der Waals surface area contributed by atoms with E-state index in [1.807, 2.05) is 0 Å². The van der Waals surface area contributed by atoms with Gasteiger partial charge in [-0.05, 0) is 18.9 Å². The zero-order valence-electron chi connectivity index (χ0n) is 8.05. The normalized spacial score (nSPS) is 8.69. The van der Waals surface area contributed by atoms with Crippen molar-refractivity contribution in [2.24, 2.45) is 0 Å². The predicted octanol–water partition coefficient (Wildman–Crippen LogP) is 2.92. The highest BCUT2D eigenvalue weighted by atomic mass is 16.4. The van der Waals surface area contributed by atoms with Crippen LogP contribution < -0.4 is 0 Å². The predicted molar refractivity (Wildman–Crippen MR) is 53.6 cm³/mol. The molecule has 0 spiro atoms. The van der Waals surface area contributed by atoms with E-state index in [0.29, 0.717) is 6.42 Å². The zero-order chi connectivity index (χ0) is 10.1. The monoisotopic (exact) mass is 180 g/mol. The maximum Gasteiger partial charge on any atom is 0.339 e. The number of carboxylic acid groups (broad SMARTS) is 1. The van der Waals surface area contributed by atoms with Gasteiger partial charge in [-0.3, -0.25) is 0 Å². The summed E-state index contributed by atoms with van der Waals surface area (Å²) in [5.41, 5.74) is 3.06. The van der Waals surface area contributed by atoms with Crippen LogP contribution in [-0.2, 0) is 4.79 Å². The minimum atomic E-state index is -0.910. The smallest absolute Gasteiger partial charge is 0.339 e. The van der Waals surface area contributed by atoms with Gasteiger partial charge in [-0.15, -0.1) is 12.3 Å². The molecule has 0 aliphatic rings. The van der Waals surface area contributed by atoms with E-state index in [-0.39, 0.29) is 5.57 Å². The second-order valence-corrected chi connectivity index (χ2v) is 2.77. The summed E-state index contributed by atoms with van der Waals surface area (Å²) in [5, 5.41) is 8.69. The Kier molecular flexibility index (Phi) is 6.66. The first-order valence-electron chi connectivity index (χ1n) is 4.50. The standard InChI is InChI=1S/C11H16O2/c1-3-5-6-7-9-10(8-4-2)11(12)13/h4,7H,2-3,5-6,8H2,1H3,(H,12,13). The van der Waals surface area contributed by atoms with Crippen LogP contribution in [0.4, 0.5) is 0 Å². The molecule has 72 valence electrons. The summed E-state index contributed by atoms with van der Waals surface area (Å²) in [6, 6.07) is 0. The zero-order valence-corrected chi connectivity index (χ0v) is 8.05. The van der Waals surface area contributed by atoms with E-state index in [9.17, 15) is 4.79 Å². The number of unbranched alkanes of at least 4 members (excludes halogenated alkanes) is 2. The number of rotatable bonds is 6. The van der Waals surface area contributed by atoms with Gasteiger partial charge in [0.25, 0.3) is 0 Å². The Hall–Kier alpha value is -1.27. The lowest BCUT2D eigenvalue weighted by atomic mass is 10.2. The van der Waals surface area contributed by atoms with Crippen molar-refractivity contribution in [1.82, 2.24) is 0 Å². The minimum absolute atomic E-state index is 0.283. The third kappa shape index (κ3) is 5.94. The third-order valence-corrected chi connectivity index (χ3v) is 1.58. The summed E-state index contributed by atoms with van der Waals surface area (Å²) in [6.45, 7) is 5.59. The fourth-order valence-corrected chi connectivity index (χ4v) is 0.854. The minimum Gasteiger partial charge on any atom is -0.477 e. The highest BCUT2D eigenvalue weighted by Crippen LogP contribution is 2.01. The Labute approximate surface area is 79.3 Å². The van der Waals surface area contributed by atoms with Gasteiger partial charge in [-0.1, -0.05) is 19.4 Å². The molecule has 0 aromatic heterocycles. The van der Waals surface area contributed by atoms with Crippen LogP contribution in [0.15, 0.2) is 30.0 Å². The summed E-state index contributed by atoms with van der Waals surface area (Å²) in [4.78, 5) is 10.6. The van der Waals surface area contributed by atoms with Crippen LogP contribution in [0.3, 0.4) is 0 Å². The molecular weight excluding hydrogens is 164 g/mol. The van der Waals surface area contributed by atoms with Crippen molar-refractivity contribution in [3.8, 4) is 0 Å². The molecule has 1 N–H and O–H groups in total. The molecule has 0 fully saturated rings. The summed E-state index contributed by atoms with van der Waals surface area (Å²) in [7, 11) is 0. The lowest BCUT2D eigenvalue weighted by molar-refractivity contribution is -0.132. The number of hydrogen-bond donors (Lipinski definition) is 1. The van der Waals surface area contributed by atoms with Crippen molar-refractivity contribution in [1.29, 1.82) is 0 Å². The van der Waals surface area contributed by atoms with E-state index in [2.05, 4.69) is 19.2 Å².